The van der Waals surface area contributed by atoms with Crippen molar-refractivity contribution < 1.29 is 9.90 Å². The monoisotopic (exact) mass is 250 g/mol. The smallest absolute Gasteiger partial charge is 0.310 e. The zero-order valence-electron chi connectivity index (χ0n) is 11.5. The third kappa shape index (κ3) is 1.71. The van der Waals surface area contributed by atoms with E-state index in [0.29, 0.717) is 11.8 Å². The maximum atomic E-state index is 12.0. The van der Waals surface area contributed by atoms with Crippen LogP contribution in [0, 0.1) is 29.1 Å². The molecular formula is C16H26O2. The molecule has 2 nitrogen and oxygen atoms in total. The third-order valence-electron chi connectivity index (χ3n) is 6.38. The van der Waals surface area contributed by atoms with Gasteiger partial charge in [-0.15, -0.1) is 0 Å². The van der Waals surface area contributed by atoms with Gasteiger partial charge in [-0.2, -0.15) is 0 Å². The molecule has 0 amide bonds. The van der Waals surface area contributed by atoms with E-state index in [9.17, 15) is 9.90 Å². The molecule has 5 atom stereocenters. The van der Waals surface area contributed by atoms with Crippen LogP contribution in [-0.2, 0) is 4.79 Å². The van der Waals surface area contributed by atoms with Crippen LogP contribution in [0.15, 0.2) is 0 Å². The van der Waals surface area contributed by atoms with Gasteiger partial charge in [0.25, 0.3) is 0 Å². The van der Waals surface area contributed by atoms with Crippen molar-refractivity contribution in [1.29, 1.82) is 0 Å². The second kappa shape index (κ2) is 4.54. The standard InChI is InChI=1S/C16H26O2/c1-2-11-4-3-5-13(8-11)16(15(17)18)10-12-6-7-14(16)9-12/h11-14H,2-10H2,1H3,(H,17,18). The molecule has 1 N–H and O–H groups in total. The predicted molar refractivity (Wildman–Crippen MR) is 71.3 cm³/mol. The Kier molecular flexibility index (Phi) is 3.15. The Labute approximate surface area is 110 Å². The van der Waals surface area contributed by atoms with Crippen LogP contribution in [0.3, 0.4) is 0 Å². The topological polar surface area (TPSA) is 37.3 Å². The summed E-state index contributed by atoms with van der Waals surface area (Å²) in [7, 11) is 0. The van der Waals surface area contributed by atoms with Crippen LogP contribution in [0.4, 0.5) is 0 Å². The van der Waals surface area contributed by atoms with E-state index < -0.39 is 5.97 Å². The number of carboxylic acid groups (broad SMARTS) is 1. The van der Waals surface area contributed by atoms with Crippen LogP contribution in [0.25, 0.3) is 0 Å². The van der Waals surface area contributed by atoms with Gasteiger partial charge in [-0.1, -0.05) is 32.6 Å². The molecule has 3 aliphatic carbocycles. The molecule has 0 heterocycles. The fraction of sp³-hybridized carbons (Fsp3) is 0.938. The second-order valence-corrected chi connectivity index (χ2v) is 7.06. The lowest BCUT2D eigenvalue weighted by Crippen LogP contribution is -2.45. The maximum Gasteiger partial charge on any atom is 0.310 e. The van der Waals surface area contributed by atoms with Crippen LogP contribution in [0.2, 0.25) is 0 Å². The lowest BCUT2D eigenvalue weighted by Gasteiger charge is -2.44. The van der Waals surface area contributed by atoms with Gasteiger partial charge < -0.3 is 5.11 Å². The van der Waals surface area contributed by atoms with Crippen molar-refractivity contribution in [3.8, 4) is 0 Å². The Balaban J connectivity index is 1.84. The number of rotatable bonds is 3. The van der Waals surface area contributed by atoms with Crippen molar-refractivity contribution in [3.63, 3.8) is 0 Å². The summed E-state index contributed by atoms with van der Waals surface area (Å²) in [6.45, 7) is 2.27. The van der Waals surface area contributed by atoms with E-state index in [-0.39, 0.29) is 5.41 Å². The molecular weight excluding hydrogens is 224 g/mol. The van der Waals surface area contributed by atoms with E-state index in [1.165, 1.54) is 51.4 Å². The van der Waals surface area contributed by atoms with Gasteiger partial charge in [0, 0.05) is 0 Å². The summed E-state index contributed by atoms with van der Waals surface area (Å²) in [5.74, 6) is 2.04. The predicted octanol–water partition coefficient (Wildman–Crippen LogP) is 4.09. The third-order valence-corrected chi connectivity index (χ3v) is 6.38. The molecule has 3 fully saturated rings. The lowest BCUT2D eigenvalue weighted by molar-refractivity contribution is -0.159. The van der Waals surface area contributed by atoms with Gasteiger partial charge >= 0.3 is 5.97 Å². The zero-order valence-corrected chi connectivity index (χ0v) is 11.5. The highest BCUT2D eigenvalue weighted by Crippen LogP contribution is 2.62. The highest BCUT2D eigenvalue weighted by molar-refractivity contribution is 5.76. The summed E-state index contributed by atoms with van der Waals surface area (Å²) >= 11 is 0. The first kappa shape index (κ1) is 12.5. The molecule has 2 bridgehead atoms. The van der Waals surface area contributed by atoms with Crippen LogP contribution in [0.5, 0.6) is 0 Å². The Bertz CT molecular complexity index is 338. The Morgan fingerprint density at radius 2 is 1.94 bits per heavy atom. The molecule has 0 aromatic carbocycles. The van der Waals surface area contributed by atoms with Crippen molar-refractivity contribution in [2.75, 3.05) is 0 Å². The van der Waals surface area contributed by atoms with Gasteiger partial charge in [-0.25, -0.2) is 0 Å². The van der Waals surface area contributed by atoms with E-state index in [1.54, 1.807) is 0 Å². The highest BCUT2D eigenvalue weighted by Gasteiger charge is 2.59. The molecule has 0 aromatic heterocycles. The summed E-state index contributed by atoms with van der Waals surface area (Å²) in [5.41, 5.74) is -0.323. The van der Waals surface area contributed by atoms with Gasteiger partial charge in [0.15, 0.2) is 0 Å². The second-order valence-electron chi connectivity index (χ2n) is 7.06. The van der Waals surface area contributed by atoms with E-state index >= 15 is 0 Å². The van der Waals surface area contributed by atoms with Crippen LogP contribution in [0.1, 0.15) is 64.7 Å². The van der Waals surface area contributed by atoms with E-state index in [4.69, 9.17) is 0 Å². The highest BCUT2D eigenvalue weighted by atomic mass is 16.4. The average molecular weight is 250 g/mol. The molecule has 102 valence electrons. The summed E-state index contributed by atoms with van der Waals surface area (Å²) < 4.78 is 0. The molecule has 18 heavy (non-hydrogen) atoms. The van der Waals surface area contributed by atoms with Gasteiger partial charge in [0.05, 0.1) is 5.41 Å². The maximum absolute atomic E-state index is 12.0. The lowest BCUT2D eigenvalue weighted by atomic mass is 9.59. The molecule has 3 rings (SSSR count). The minimum Gasteiger partial charge on any atom is -0.481 e. The summed E-state index contributed by atoms with van der Waals surface area (Å²) in [6, 6.07) is 0. The van der Waals surface area contributed by atoms with Crippen molar-refractivity contribution >= 4 is 5.97 Å². The minimum atomic E-state index is -0.462. The SMILES string of the molecule is CCC1CCCC(C2(C(=O)O)CC3CCC2C3)C1. The number of carbonyl (C=O) groups is 1. The molecule has 5 unspecified atom stereocenters. The molecule has 0 spiro atoms. The molecule has 0 aliphatic heterocycles. The zero-order chi connectivity index (χ0) is 12.8. The number of hydrogen-bond acceptors (Lipinski definition) is 1. The van der Waals surface area contributed by atoms with Gasteiger partial charge in [-0.05, 0) is 55.8 Å². The van der Waals surface area contributed by atoms with E-state index in [0.717, 1.165) is 18.3 Å². The fourth-order valence-electron chi connectivity index (χ4n) is 5.44. The van der Waals surface area contributed by atoms with E-state index in [1.807, 2.05) is 0 Å². The molecule has 3 aliphatic rings. The van der Waals surface area contributed by atoms with Crippen LogP contribution < -0.4 is 0 Å². The number of fused-ring (bicyclic) bond motifs is 2. The first-order chi connectivity index (χ1) is 8.66. The molecule has 2 heteroatoms. The minimum absolute atomic E-state index is 0.323. The Morgan fingerprint density at radius 1 is 1.17 bits per heavy atom. The van der Waals surface area contributed by atoms with Crippen molar-refractivity contribution in [3.05, 3.63) is 0 Å². The number of aliphatic carboxylic acids is 1. The quantitative estimate of drug-likeness (QED) is 0.819. The first-order valence-electron chi connectivity index (χ1n) is 7.90. The van der Waals surface area contributed by atoms with Gasteiger partial charge in [-0.3, -0.25) is 4.79 Å². The Hall–Kier alpha value is -0.530. The summed E-state index contributed by atoms with van der Waals surface area (Å²) in [4.78, 5) is 12.0. The average Bonchev–Trinajstić information content (AvgIpc) is 2.99. The van der Waals surface area contributed by atoms with Crippen LogP contribution in [-0.4, -0.2) is 11.1 Å². The fourth-order valence-corrected chi connectivity index (χ4v) is 5.44. The molecule has 0 radical (unpaired) electrons. The first-order valence-corrected chi connectivity index (χ1v) is 7.90. The van der Waals surface area contributed by atoms with E-state index in [2.05, 4.69) is 6.92 Å². The Morgan fingerprint density at radius 3 is 2.50 bits per heavy atom. The number of carboxylic acids is 1. The van der Waals surface area contributed by atoms with Crippen LogP contribution >= 0.6 is 0 Å². The molecule has 3 saturated carbocycles. The van der Waals surface area contributed by atoms with Gasteiger partial charge in [0.2, 0.25) is 0 Å². The van der Waals surface area contributed by atoms with Crippen molar-refractivity contribution in [2.45, 2.75) is 64.7 Å². The molecule has 0 saturated heterocycles. The van der Waals surface area contributed by atoms with Crippen molar-refractivity contribution in [2.24, 2.45) is 29.1 Å². The van der Waals surface area contributed by atoms with Crippen molar-refractivity contribution in [1.82, 2.24) is 0 Å². The summed E-state index contributed by atoms with van der Waals surface area (Å²) in [5, 5.41) is 9.90. The normalized spacial score (nSPS) is 47.4. The molecule has 0 aromatic rings. The van der Waals surface area contributed by atoms with Gasteiger partial charge in [0.1, 0.15) is 0 Å². The number of hydrogen-bond donors (Lipinski definition) is 1. The largest absolute Gasteiger partial charge is 0.481 e. The summed E-state index contributed by atoms with van der Waals surface area (Å²) in [6.07, 6.45) is 10.9.